The minimum Gasteiger partial charge on any atom is -0.507 e. The summed E-state index contributed by atoms with van der Waals surface area (Å²) in [6.45, 7) is 0.0136. The van der Waals surface area contributed by atoms with E-state index in [0.29, 0.717) is 0 Å². The lowest BCUT2D eigenvalue weighted by atomic mass is 9.99. The van der Waals surface area contributed by atoms with Crippen molar-refractivity contribution in [3.63, 3.8) is 0 Å². The molecule has 0 radical (unpaired) electrons. The number of hydrogen-bond acceptors (Lipinski definition) is 7. The van der Waals surface area contributed by atoms with Gasteiger partial charge in [-0.25, -0.2) is 0 Å². The first-order chi connectivity index (χ1) is 8.92. The van der Waals surface area contributed by atoms with Crippen LogP contribution in [-0.4, -0.2) is 46.2 Å². The van der Waals surface area contributed by atoms with Gasteiger partial charge in [-0.3, -0.25) is 14.9 Å². The predicted octanol–water partition coefficient (Wildman–Crippen LogP) is -0.273. The van der Waals surface area contributed by atoms with Crippen molar-refractivity contribution in [2.45, 2.75) is 12.2 Å². The number of non-ortho nitro benzene ring substituents is 1. The normalized spacial score (nSPS) is 13.8. The lowest BCUT2D eigenvalue weighted by molar-refractivity contribution is -0.385. The molecule has 1 aromatic carbocycles. The first-order valence-electron chi connectivity index (χ1n) is 5.39. The molecule has 0 aromatic heterocycles. The number of nitro benzene ring substituents is 1. The van der Waals surface area contributed by atoms with E-state index in [1.165, 1.54) is 0 Å². The molecule has 0 heterocycles. The maximum absolute atomic E-state index is 10.7. The fourth-order valence-electron chi connectivity index (χ4n) is 1.61. The highest BCUT2D eigenvalue weighted by molar-refractivity contribution is 5.81. The summed E-state index contributed by atoms with van der Waals surface area (Å²) in [6.07, 6.45) is -2.59. The van der Waals surface area contributed by atoms with Crippen LogP contribution in [0.15, 0.2) is 12.1 Å². The van der Waals surface area contributed by atoms with Crippen LogP contribution in [0.3, 0.4) is 0 Å². The Bertz CT molecular complexity index is 490. The average molecular weight is 270 g/mol. The third kappa shape index (κ3) is 3.25. The predicted molar refractivity (Wildman–Crippen MR) is 65.0 cm³/mol. The van der Waals surface area contributed by atoms with Crippen LogP contribution < -0.4 is 5.32 Å². The van der Waals surface area contributed by atoms with Crippen LogP contribution in [-0.2, 0) is 0 Å². The molecule has 104 valence electrons. The summed E-state index contributed by atoms with van der Waals surface area (Å²) in [4.78, 5) is 20.7. The molecule has 0 saturated heterocycles. The van der Waals surface area contributed by atoms with Crippen molar-refractivity contribution in [2.75, 3.05) is 13.6 Å². The number of nitrogens with zero attached hydrogens (tertiary/aromatic N) is 1. The number of aldehydes is 1. The monoisotopic (exact) mass is 270 g/mol. The van der Waals surface area contributed by atoms with E-state index >= 15 is 0 Å². The lowest BCUT2D eigenvalue weighted by Crippen LogP contribution is -2.29. The first kappa shape index (κ1) is 15.0. The summed E-state index contributed by atoms with van der Waals surface area (Å²) in [7, 11) is 1.54. The number of phenols is 1. The smallest absolute Gasteiger partial charge is 0.270 e. The number of nitro groups is 1. The van der Waals surface area contributed by atoms with E-state index in [0.717, 1.165) is 12.1 Å². The second-order valence-corrected chi connectivity index (χ2v) is 3.92. The van der Waals surface area contributed by atoms with Gasteiger partial charge in [0.15, 0.2) is 6.29 Å². The Balaban J connectivity index is 3.28. The van der Waals surface area contributed by atoms with E-state index in [2.05, 4.69) is 5.32 Å². The second kappa shape index (κ2) is 6.23. The van der Waals surface area contributed by atoms with Gasteiger partial charge in [-0.1, -0.05) is 0 Å². The minimum absolute atomic E-state index is 0.0136. The molecule has 1 rings (SSSR count). The number of likely N-dealkylation sites (N-methyl/N-ethyl adjacent to an activating group) is 1. The van der Waals surface area contributed by atoms with Gasteiger partial charge in [0.1, 0.15) is 11.9 Å². The van der Waals surface area contributed by atoms with Gasteiger partial charge in [-0.15, -0.1) is 0 Å². The first-order valence-corrected chi connectivity index (χ1v) is 5.39. The quantitative estimate of drug-likeness (QED) is 0.317. The number of rotatable bonds is 6. The molecule has 2 unspecified atom stereocenters. The average Bonchev–Trinajstić information content (AvgIpc) is 2.38. The van der Waals surface area contributed by atoms with E-state index in [1.54, 1.807) is 7.05 Å². The van der Waals surface area contributed by atoms with Gasteiger partial charge in [-0.05, 0) is 7.05 Å². The van der Waals surface area contributed by atoms with Crippen molar-refractivity contribution in [3.05, 3.63) is 33.4 Å². The number of carbonyl (C=O) groups is 1. The van der Waals surface area contributed by atoms with Crippen molar-refractivity contribution in [3.8, 4) is 5.75 Å². The molecule has 0 saturated carbocycles. The number of aromatic hydroxyl groups is 1. The van der Waals surface area contributed by atoms with E-state index in [-0.39, 0.29) is 24.0 Å². The Kier molecular flexibility index (Phi) is 4.93. The van der Waals surface area contributed by atoms with Gasteiger partial charge in [0.2, 0.25) is 0 Å². The van der Waals surface area contributed by atoms with Crippen molar-refractivity contribution < 1.29 is 25.0 Å². The molecule has 1 aromatic rings. The molecule has 2 atom stereocenters. The van der Waals surface area contributed by atoms with Crippen molar-refractivity contribution in [1.82, 2.24) is 5.32 Å². The van der Waals surface area contributed by atoms with Crippen LogP contribution in [0.25, 0.3) is 0 Å². The Morgan fingerprint density at radius 2 is 2.11 bits per heavy atom. The standard InChI is InChI=1S/C11H14N2O6/c1-12-4-9(15)11(17)8-3-7(13(18)19)2-6(5-14)10(8)16/h2-3,5,9,11-12,15-17H,4H2,1H3. The number of aliphatic hydroxyl groups excluding tert-OH is 2. The zero-order chi connectivity index (χ0) is 14.6. The minimum atomic E-state index is -1.55. The summed E-state index contributed by atoms with van der Waals surface area (Å²) in [5.74, 6) is -0.580. The molecule has 4 N–H and O–H groups in total. The molecule has 19 heavy (non-hydrogen) atoms. The highest BCUT2D eigenvalue weighted by atomic mass is 16.6. The van der Waals surface area contributed by atoms with Gasteiger partial charge >= 0.3 is 0 Å². The summed E-state index contributed by atoms with van der Waals surface area (Å²) in [5.41, 5.74) is -1.04. The molecule has 0 bridgehead atoms. The van der Waals surface area contributed by atoms with Crippen molar-refractivity contribution in [1.29, 1.82) is 0 Å². The number of hydrogen-bond donors (Lipinski definition) is 4. The molecule has 0 amide bonds. The topological polar surface area (TPSA) is 133 Å². The lowest BCUT2D eigenvalue weighted by Gasteiger charge is -2.19. The molecular weight excluding hydrogens is 256 g/mol. The zero-order valence-corrected chi connectivity index (χ0v) is 10.1. The van der Waals surface area contributed by atoms with Gasteiger partial charge in [0, 0.05) is 24.2 Å². The highest BCUT2D eigenvalue weighted by Crippen LogP contribution is 2.33. The van der Waals surface area contributed by atoms with E-state index < -0.39 is 28.6 Å². The number of aliphatic hydroxyl groups is 2. The maximum Gasteiger partial charge on any atom is 0.270 e. The highest BCUT2D eigenvalue weighted by Gasteiger charge is 2.25. The van der Waals surface area contributed by atoms with Crippen LogP contribution in [0.5, 0.6) is 5.75 Å². The Morgan fingerprint density at radius 3 is 2.58 bits per heavy atom. The van der Waals surface area contributed by atoms with Crippen LogP contribution in [0.4, 0.5) is 5.69 Å². The number of carbonyl (C=O) groups excluding carboxylic acids is 1. The molecule has 8 heteroatoms. The second-order valence-electron chi connectivity index (χ2n) is 3.92. The van der Waals surface area contributed by atoms with Crippen LogP contribution >= 0.6 is 0 Å². The zero-order valence-electron chi connectivity index (χ0n) is 10.1. The molecule has 0 aliphatic carbocycles. The third-order valence-corrected chi connectivity index (χ3v) is 2.59. The number of nitrogens with one attached hydrogen (secondary N) is 1. The fourth-order valence-corrected chi connectivity index (χ4v) is 1.61. The summed E-state index contributed by atoms with van der Waals surface area (Å²) >= 11 is 0. The third-order valence-electron chi connectivity index (χ3n) is 2.59. The van der Waals surface area contributed by atoms with E-state index in [1.807, 2.05) is 0 Å². The number of benzene rings is 1. The number of phenolic OH excluding ortho intramolecular Hbond substituents is 1. The Morgan fingerprint density at radius 1 is 1.47 bits per heavy atom. The molecule has 8 nitrogen and oxygen atoms in total. The Hall–Kier alpha value is -2.03. The largest absolute Gasteiger partial charge is 0.507 e. The van der Waals surface area contributed by atoms with Crippen LogP contribution in [0, 0.1) is 10.1 Å². The molecular formula is C11H14N2O6. The summed E-state index contributed by atoms with van der Waals surface area (Å²) in [5, 5.41) is 42.5. The molecule has 0 aliphatic rings. The van der Waals surface area contributed by atoms with Crippen molar-refractivity contribution >= 4 is 12.0 Å². The van der Waals surface area contributed by atoms with Crippen LogP contribution in [0.1, 0.15) is 22.0 Å². The molecule has 0 spiro atoms. The van der Waals surface area contributed by atoms with Crippen molar-refractivity contribution in [2.24, 2.45) is 0 Å². The Labute approximate surface area is 108 Å². The van der Waals surface area contributed by atoms with Gasteiger partial charge in [-0.2, -0.15) is 0 Å². The SMILES string of the molecule is CNCC(O)C(O)c1cc([N+](=O)[O-])cc(C=O)c1O. The van der Waals surface area contributed by atoms with E-state index in [9.17, 15) is 30.2 Å². The fraction of sp³-hybridized carbons (Fsp3) is 0.364. The maximum atomic E-state index is 10.7. The molecule has 0 aliphatic heterocycles. The van der Waals surface area contributed by atoms with Gasteiger partial charge < -0.3 is 20.6 Å². The molecule has 0 fully saturated rings. The van der Waals surface area contributed by atoms with E-state index in [4.69, 9.17) is 0 Å². The van der Waals surface area contributed by atoms with Crippen LogP contribution in [0.2, 0.25) is 0 Å². The van der Waals surface area contributed by atoms with Gasteiger partial charge in [0.05, 0.1) is 16.6 Å². The van der Waals surface area contributed by atoms with Gasteiger partial charge in [0.25, 0.3) is 5.69 Å². The summed E-state index contributed by atoms with van der Waals surface area (Å²) < 4.78 is 0. The summed E-state index contributed by atoms with van der Waals surface area (Å²) in [6, 6.07) is 1.81.